The molecule has 18 heavy (non-hydrogen) atoms. The Bertz CT molecular complexity index is 509. The average molecular weight is 273 g/mol. The van der Waals surface area contributed by atoms with Crippen LogP contribution in [-0.4, -0.2) is 37.0 Å². The molecule has 0 atom stereocenters. The smallest absolute Gasteiger partial charge is 0.245 e. The van der Waals surface area contributed by atoms with Gasteiger partial charge in [0.2, 0.25) is 10.0 Å². The van der Waals surface area contributed by atoms with E-state index in [4.69, 9.17) is 5.84 Å². The van der Waals surface area contributed by atoms with E-state index in [1.807, 2.05) is 0 Å². The number of nitrogens with two attached hydrogens (primary N) is 1. The zero-order valence-electron chi connectivity index (χ0n) is 10.7. The largest absolute Gasteiger partial charge is 0.389 e. The molecule has 7 heteroatoms. The highest BCUT2D eigenvalue weighted by atomic mass is 32.2. The molecule has 1 rings (SSSR count). The van der Waals surface area contributed by atoms with Crippen LogP contribution in [0.15, 0.2) is 29.2 Å². The Labute approximate surface area is 107 Å². The van der Waals surface area contributed by atoms with Crippen molar-refractivity contribution in [2.75, 3.05) is 19.0 Å². The highest BCUT2D eigenvalue weighted by Gasteiger charge is 2.27. The van der Waals surface area contributed by atoms with E-state index in [1.165, 1.54) is 13.1 Å². The Balaban J connectivity index is 3.14. The molecule has 0 heterocycles. The Hall–Kier alpha value is -1.15. The standard InChI is InChI=1S/C11H19N3O3S/c1-11(2,15)8-14(3)18(16,17)10-7-5-4-6-9(10)13-12/h4-7,13,15H,8,12H2,1-3H3. The summed E-state index contributed by atoms with van der Waals surface area (Å²) >= 11 is 0. The first kappa shape index (κ1) is 14.9. The molecule has 1 aromatic carbocycles. The minimum Gasteiger partial charge on any atom is -0.389 e. The summed E-state index contributed by atoms with van der Waals surface area (Å²) in [6.07, 6.45) is 0. The van der Waals surface area contributed by atoms with Crippen molar-refractivity contribution in [3.05, 3.63) is 24.3 Å². The summed E-state index contributed by atoms with van der Waals surface area (Å²) < 4.78 is 25.7. The fourth-order valence-electron chi connectivity index (χ4n) is 1.61. The molecule has 0 fully saturated rings. The number of nitrogen functional groups attached to an aromatic ring is 1. The van der Waals surface area contributed by atoms with Crippen LogP contribution in [0.2, 0.25) is 0 Å². The Morgan fingerprint density at radius 3 is 2.44 bits per heavy atom. The third kappa shape index (κ3) is 3.42. The first-order chi connectivity index (χ1) is 8.18. The normalized spacial score (nSPS) is 12.8. The molecule has 0 aromatic heterocycles. The van der Waals surface area contributed by atoms with E-state index in [-0.39, 0.29) is 11.4 Å². The Morgan fingerprint density at radius 1 is 1.39 bits per heavy atom. The maximum atomic E-state index is 12.3. The number of aliphatic hydroxyl groups is 1. The van der Waals surface area contributed by atoms with Crippen LogP contribution in [0.1, 0.15) is 13.8 Å². The Kier molecular flexibility index (Phi) is 4.33. The van der Waals surface area contributed by atoms with Crippen LogP contribution in [0.3, 0.4) is 0 Å². The van der Waals surface area contributed by atoms with Crippen molar-refractivity contribution >= 4 is 15.7 Å². The zero-order valence-corrected chi connectivity index (χ0v) is 11.5. The van der Waals surface area contributed by atoms with E-state index in [0.717, 1.165) is 4.31 Å². The second-order valence-corrected chi connectivity index (χ2v) is 6.73. The molecule has 0 aliphatic rings. The molecule has 1 aromatic rings. The highest BCUT2D eigenvalue weighted by molar-refractivity contribution is 7.89. The summed E-state index contributed by atoms with van der Waals surface area (Å²) in [7, 11) is -2.27. The van der Waals surface area contributed by atoms with E-state index in [0.29, 0.717) is 5.69 Å². The summed E-state index contributed by atoms with van der Waals surface area (Å²) in [6.45, 7) is 3.09. The molecule has 0 aliphatic heterocycles. The number of hydrazine groups is 1. The maximum Gasteiger partial charge on any atom is 0.245 e. The van der Waals surface area contributed by atoms with Gasteiger partial charge >= 0.3 is 0 Å². The lowest BCUT2D eigenvalue weighted by molar-refractivity contribution is 0.0640. The summed E-state index contributed by atoms with van der Waals surface area (Å²) in [5, 5.41) is 9.68. The van der Waals surface area contributed by atoms with Crippen molar-refractivity contribution in [3.8, 4) is 0 Å². The summed E-state index contributed by atoms with van der Waals surface area (Å²) in [5.74, 6) is 5.29. The summed E-state index contributed by atoms with van der Waals surface area (Å²) in [4.78, 5) is 0.0826. The third-order valence-corrected chi connectivity index (χ3v) is 4.20. The topological polar surface area (TPSA) is 95.7 Å². The maximum absolute atomic E-state index is 12.3. The number of nitrogens with one attached hydrogen (secondary N) is 1. The van der Waals surface area contributed by atoms with Gasteiger partial charge in [-0.25, -0.2) is 8.42 Å². The minimum atomic E-state index is -3.68. The molecule has 0 unspecified atom stereocenters. The van der Waals surface area contributed by atoms with Gasteiger partial charge in [0.1, 0.15) is 4.90 Å². The predicted molar refractivity (Wildman–Crippen MR) is 70.4 cm³/mol. The number of likely N-dealkylation sites (N-methyl/N-ethyl adjacent to an activating group) is 1. The van der Waals surface area contributed by atoms with Crippen molar-refractivity contribution < 1.29 is 13.5 Å². The lowest BCUT2D eigenvalue weighted by Crippen LogP contribution is -2.39. The van der Waals surface area contributed by atoms with Crippen molar-refractivity contribution in [2.24, 2.45) is 5.84 Å². The number of anilines is 1. The van der Waals surface area contributed by atoms with Gasteiger partial charge in [0.05, 0.1) is 11.3 Å². The molecule has 0 radical (unpaired) electrons. The molecule has 4 N–H and O–H groups in total. The van der Waals surface area contributed by atoms with Gasteiger partial charge < -0.3 is 10.5 Å². The van der Waals surface area contributed by atoms with E-state index in [9.17, 15) is 13.5 Å². The first-order valence-corrected chi connectivity index (χ1v) is 6.87. The lowest BCUT2D eigenvalue weighted by Gasteiger charge is -2.25. The molecule has 102 valence electrons. The van der Waals surface area contributed by atoms with Gasteiger partial charge in [-0.3, -0.25) is 5.84 Å². The predicted octanol–water partition coefficient (Wildman–Crippen LogP) is 0.364. The lowest BCUT2D eigenvalue weighted by atomic mass is 10.1. The quantitative estimate of drug-likeness (QED) is 0.532. The van der Waals surface area contributed by atoms with Gasteiger partial charge in [0.25, 0.3) is 0 Å². The van der Waals surface area contributed by atoms with Gasteiger partial charge in [-0.2, -0.15) is 4.31 Å². The van der Waals surface area contributed by atoms with Crippen molar-refractivity contribution in [1.29, 1.82) is 0 Å². The fraction of sp³-hybridized carbons (Fsp3) is 0.455. The van der Waals surface area contributed by atoms with Crippen LogP contribution >= 0.6 is 0 Å². The van der Waals surface area contributed by atoms with Gasteiger partial charge in [0.15, 0.2) is 0 Å². The van der Waals surface area contributed by atoms with Gasteiger partial charge in [0, 0.05) is 13.6 Å². The van der Waals surface area contributed by atoms with Crippen LogP contribution in [0.5, 0.6) is 0 Å². The number of hydrogen-bond donors (Lipinski definition) is 3. The van der Waals surface area contributed by atoms with Gasteiger partial charge in [-0.05, 0) is 26.0 Å². The number of sulfonamides is 1. The minimum absolute atomic E-state index is 0.00572. The molecule has 0 saturated carbocycles. The SMILES string of the molecule is CN(CC(C)(C)O)S(=O)(=O)c1ccccc1NN. The second-order valence-electron chi connectivity index (χ2n) is 4.71. The van der Waals surface area contributed by atoms with Crippen LogP contribution in [0, 0.1) is 0 Å². The molecule has 6 nitrogen and oxygen atoms in total. The molecule has 0 amide bonds. The number of rotatable bonds is 5. The molecule has 0 aliphatic carbocycles. The monoisotopic (exact) mass is 273 g/mol. The van der Waals surface area contributed by atoms with E-state index in [2.05, 4.69) is 5.43 Å². The van der Waals surface area contributed by atoms with Crippen LogP contribution in [0.4, 0.5) is 5.69 Å². The summed E-state index contributed by atoms with van der Waals surface area (Å²) in [5.41, 5.74) is 1.57. The van der Waals surface area contributed by atoms with Crippen molar-refractivity contribution in [2.45, 2.75) is 24.3 Å². The second kappa shape index (κ2) is 5.23. The van der Waals surface area contributed by atoms with E-state index < -0.39 is 15.6 Å². The molecule has 0 spiro atoms. The van der Waals surface area contributed by atoms with Crippen LogP contribution < -0.4 is 11.3 Å². The number of hydrogen-bond acceptors (Lipinski definition) is 5. The molecule has 0 bridgehead atoms. The Morgan fingerprint density at radius 2 is 1.94 bits per heavy atom. The first-order valence-electron chi connectivity index (χ1n) is 5.43. The third-order valence-electron chi connectivity index (χ3n) is 2.34. The summed E-state index contributed by atoms with van der Waals surface area (Å²) in [6, 6.07) is 6.34. The molecular weight excluding hydrogens is 254 g/mol. The van der Waals surface area contributed by atoms with Crippen LogP contribution in [-0.2, 0) is 10.0 Å². The van der Waals surface area contributed by atoms with Gasteiger partial charge in [-0.1, -0.05) is 12.1 Å². The van der Waals surface area contributed by atoms with Crippen molar-refractivity contribution in [1.82, 2.24) is 4.31 Å². The van der Waals surface area contributed by atoms with Gasteiger partial charge in [-0.15, -0.1) is 0 Å². The molecular formula is C11H19N3O3S. The fourth-order valence-corrected chi connectivity index (χ4v) is 3.09. The average Bonchev–Trinajstić information content (AvgIpc) is 2.26. The van der Waals surface area contributed by atoms with E-state index >= 15 is 0 Å². The van der Waals surface area contributed by atoms with E-state index in [1.54, 1.807) is 32.0 Å². The zero-order chi connectivity index (χ0) is 14.0. The number of benzene rings is 1. The molecule has 0 saturated heterocycles. The highest BCUT2D eigenvalue weighted by Crippen LogP contribution is 2.23. The number of nitrogens with zero attached hydrogens (tertiary/aromatic N) is 1. The number of para-hydroxylation sites is 1. The van der Waals surface area contributed by atoms with Crippen molar-refractivity contribution in [3.63, 3.8) is 0 Å². The van der Waals surface area contributed by atoms with Crippen LogP contribution in [0.25, 0.3) is 0 Å².